The number of hydrogen-bond donors (Lipinski definition) is 0. The number of fused-ring (bicyclic) bond motifs is 1. The number of aromatic nitrogens is 3. The maximum atomic E-state index is 13.0. The lowest BCUT2D eigenvalue weighted by atomic mass is 10.1. The molecule has 8 nitrogen and oxygen atoms in total. The van der Waals surface area contributed by atoms with E-state index in [0.29, 0.717) is 22.6 Å². The lowest BCUT2D eigenvalue weighted by Gasteiger charge is -2.11. The Morgan fingerprint density at radius 3 is 2.51 bits per heavy atom. The normalized spacial score (nSPS) is 11.7. The van der Waals surface area contributed by atoms with E-state index in [1.807, 2.05) is 42.5 Å². The summed E-state index contributed by atoms with van der Waals surface area (Å²) in [5.74, 6) is 1.98. The number of benzene rings is 2. The third kappa shape index (κ3) is 5.68. The molecule has 4 rings (SSSR count). The van der Waals surface area contributed by atoms with Crippen molar-refractivity contribution in [2.45, 2.75) is 32.6 Å². The van der Waals surface area contributed by atoms with Crippen molar-refractivity contribution in [1.82, 2.24) is 14.6 Å². The van der Waals surface area contributed by atoms with Crippen molar-refractivity contribution in [3.8, 4) is 17.2 Å². The first-order chi connectivity index (χ1) is 17.0. The van der Waals surface area contributed by atoms with E-state index in [0.717, 1.165) is 47.5 Å². The van der Waals surface area contributed by atoms with Crippen molar-refractivity contribution in [3.05, 3.63) is 84.5 Å². The van der Waals surface area contributed by atoms with Gasteiger partial charge in [0.25, 0.3) is 11.1 Å². The minimum atomic E-state index is -0.445. The van der Waals surface area contributed by atoms with Gasteiger partial charge in [-0.1, -0.05) is 49.3 Å². The number of thiazole rings is 1. The van der Waals surface area contributed by atoms with Crippen LogP contribution in [-0.2, 0) is 6.42 Å². The van der Waals surface area contributed by atoms with Gasteiger partial charge in [-0.25, -0.2) is 0 Å². The highest BCUT2D eigenvalue weighted by Crippen LogP contribution is 2.28. The fourth-order valence-electron chi connectivity index (χ4n) is 3.57. The van der Waals surface area contributed by atoms with Crippen molar-refractivity contribution in [1.29, 1.82) is 0 Å². The summed E-state index contributed by atoms with van der Waals surface area (Å²) in [7, 11) is 3.18. The number of rotatable bonds is 10. The summed E-state index contributed by atoms with van der Waals surface area (Å²) in [5, 5.41) is 4.31. The van der Waals surface area contributed by atoms with Crippen LogP contribution in [-0.4, -0.2) is 35.4 Å². The van der Waals surface area contributed by atoms with Gasteiger partial charge in [0.05, 0.1) is 25.4 Å². The van der Waals surface area contributed by atoms with Crippen LogP contribution in [0.5, 0.6) is 17.2 Å². The molecular weight excluding hydrogens is 466 g/mol. The van der Waals surface area contributed by atoms with Crippen LogP contribution in [0.1, 0.15) is 43.0 Å². The van der Waals surface area contributed by atoms with Crippen LogP contribution in [0, 0.1) is 0 Å². The fraction of sp³-hybridized carbons (Fsp3) is 0.308. The number of hydrogen-bond acceptors (Lipinski definition) is 8. The van der Waals surface area contributed by atoms with Gasteiger partial charge in [-0.05, 0) is 47.9 Å². The average molecular weight is 494 g/mol. The summed E-state index contributed by atoms with van der Waals surface area (Å²) < 4.78 is 18.1. The summed E-state index contributed by atoms with van der Waals surface area (Å²) in [5.41, 5.74) is 1.08. The van der Waals surface area contributed by atoms with Gasteiger partial charge in [-0.15, -0.1) is 0 Å². The summed E-state index contributed by atoms with van der Waals surface area (Å²) in [6.45, 7) is 2.77. The molecule has 4 aromatic rings. The van der Waals surface area contributed by atoms with Gasteiger partial charge in [0, 0.05) is 6.42 Å². The Bertz CT molecular complexity index is 1480. The Balaban J connectivity index is 1.63. The first-order valence-corrected chi connectivity index (χ1v) is 12.2. The van der Waals surface area contributed by atoms with Crippen LogP contribution in [0.25, 0.3) is 11.0 Å². The minimum Gasteiger partial charge on any atom is -0.497 e. The maximum Gasteiger partial charge on any atom is 0.296 e. The SMILES string of the molecule is CCCCCOc1ccc(/C=c2\sc3nc(=O)c(Cc4ccc(OC)cc4)nn3c2=O)cc1OC. The molecule has 0 aliphatic rings. The Hall–Kier alpha value is -3.72. The summed E-state index contributed by atoms with van der Waals surface area (Å²) in [4.78, 5) is 29.9. The molecule has 0 unspecified atom stereocenters. The zero-order chi connectivity index (χ0) is 24.8. The molecule has 0 spiro atoms. The average Bonchev–Trinajstić information content (AvgIpc) is 3.16. The summed E-state index contributed by atoms with van der Waals surface area (Å²) >= 11 is 1.12. The lowest BCUT2D eigenvalue weighted by Crippen LogP contribution is -2.28. The zero-order valence-corrected chi connectivity index (χ0v) is 20.8. The van der Waals surface area contributed by atoms with Gasteiger partial charge < -0.3 is 14.2 Å². The zero-order valence-electron chi connectivity index (χ0n) is 19.9. The van der Waals surface area contributed by atoms with E-state index in [4.69, 9.17) is 14.2 Å². The van der Waals surface area contributed by atoms with Gasteiger partial charge in [0.2, 0.25) is 4.96 Å². The second-order valence-electron chi connectivity index (χ2n) is 7.96. The Morgan fingerprint density at radius 2 is 1.80 bits per heavy atom. The first kappa shape index (κ1) is 24.4. The van der Waals surface area contributed by atoms with Crippen molar-refractivity contribution in [2.24, 2.45) is 0 Å². The molecule has 2 heterocycles. The predicted molar refractivity (Wildman–Crippen MR) is 136 cm³/mol. The highest BCUT2D eigenvalue weighted by atomic mass is 32.1. The molecular formula is C26H27N3O5S. The molecule has 182 valence electrons. The van der Waals surface area contributed by atoms with E-state index >= 15 is 0 Å². The molecule has 35 heavy (non-hydrogen) atoms. The van der Waals surface area contributed by atoms with Crippen molar-refractivity contribution >= 4 is 22.4 Å². The minimum absolute atomic E-state index is 0.209. The number of ether oxygens (including phenoxy) is 3. The van der Waals surface area contributed by atoms with Gasteiger partial charge in [0.1, 0.15) is 11.4 Å². The monoisotopic (exact) mass is 493 g/mol. The third-order valence-corrected chi connectivity index (χ3v) is 6.43. The van der Waals surface area contributed by atoms with Gasteiger partial charge >= 0.3 is 0 Å². The third-order valence-electron chi connectivity index (χ3n) is 5.47. The highest BCUT2D eigenvalue weighted by molar-refractivity contribution is 7.15. The topological polar surface area (TPSA) is 92.0 Å². The predicted octanol–water partition coefficient (Wildman–Crippen LogP) is 3.24. The van der Waals surface area contributed by atoms with Crippen molar-refractivity contribution < 1.29 is 14.2 Å². The molecule has 0 atom stereocenters. The number of nitrogens with zero attached hydrogens (tertiary/aromatic N) is 3. The molecule has 0 amide bonds. The summed E-state index contributed by atoms with van der Waals surface area (Å²) in [6, 6.07) is 12.8. The van der Waals surface area contributed by atoms with E-state index in [-0.39, 0.29) is 22.6 Å². The Morgan fingerprint density at radius 1 is 1.00 bits per heavy atom. The molecule has 0 aliphatic carbocycles. The van der Waals surface area contributed by atoms with Gasteiger partial charge in [-0.2, -0.15) is 14.6 Å². The number of methoxy groups -OCH3 is 2. The largest absolute Gasteiger partial charge is 0.497 e. The van der Waals surface area contributed by atoms with Crippen LogP contribution in [0.2, 0.25) is 0 Å². The molecule has 2 aromatic heterocycles. The molecule has 0 aliphatic heterocycles. The van der Waals surface area contributed by atoms with Crippen molar-refractivity contribution in [3.63, 3.8) is 0 Å². The Kier molecular flexibility index (Phi) is 7.77. The molecule has 0 N–H and O–H groups in total. The standard InChI is InChI=1S/C26H27N3O5S/c1-4-5-6-13-34-21-12-9-18(15-22(21)33-3)16-23-25(31)29-26(35-23)27-24(30)20(28-29)14-17-7-10-19(32-2)11-8-17/h7-12,15-16H,4-6,13-14H2,1-3H3/b23-16-. The fourth-order valence-corrected chi connectivity index (χ4v) is 4.47. The van der Waals surface area contributed by atoms with E-state index in [1.165, 1.54) is 4.52 Å². The molecule has 0 fully saturated rings. The van der Waals surface area contributed by atoms with E-state index in [2.05, 4.69) is 17.0 Å². The molecule has 9 heteroatoms. The van der Waals surface area contributed by atoms with Gasteiger partial charge in [-0.3, -0.25) is 9.59 Å². The summed E-state index contributed by atoms with van der Waals surface area (Å²) in [6.07, 6.45) is 5.22. The van der Waals surface area contributed by atoms with Crippen molar-refractivity contribution in [2.75, 3.05) is 20.8 Å². The lowest BCUT2D eigenvalue weighted by molar-refractivity contribution is 0.286. The van der Waals surface area contributed by atoms with Gasteiger partial charge in [0.15, 0.2) is 11.5 Å². The van der Waals surface area contributed by atoms with Crippen LogP contribution in [0.3, 0.4) is 0 Å². The second kappa shape index (κ2) is 11.1. The second-order valence-corrected chi connectivity index (χ2v) is 8.97. The molecule has 0 bridgehead atoms. The van der Waals surface area contributed by atoms with E-state index in [9.17, 15) is 9.59 Å². The highest BCUT2D eigenvalue weighted by Gasteiger charge is 2.12. The molecule has 0 radical (unpaired) electrons. The molecule has 0 saturated heterocycles. The van der Waals surface area contributed by atoms with Crippen LogP contribution in [0.4, 0.5) is 0 Å². The van der Waals surface area contributed by atoms with Crippen LogP contribution >= 0.6 is 11.3 Å². The quantitative estimate of drug-likeness (QED) is 0.313. The van der Waals surface area contributed by atoms with E-state index < -0.39 is 5.56 Å². The maximum absolute atomic E-state index is 13.0. The van der Waals surface area contributed by atoms with E-state index in [1.54, 1.807) is 20.3 Å². The first-order valence-electron chi connectivity index (χ1n) is 11.4. The van der Waals surface area contributed by atoms with Crippen LogP contribution in [0.15, 0.2) is 52.1 Å². The smallest absolute Gasteiger partial charge is 0.296 e. The molecule has 0 saturated carbocycles. The Labute approximate surface area is 206 Å². The molecule has 2 aromatic carbocycles. The number of unbranched alkanes of at least 4 members (excludes halogenated alkanes) is 2. The van der Waals surface area contributed by atoms with Crippen LogP contribution < -0.4 is 29.9 Å².